The second-order valence-corrected chi connectivity index (χ2v) is 5.44. The zero-order chi connectivity index (χ0) is 15.1. The molecule has 0 aromatic heterocycles. The summed E-state index contributed by atoms with van der Waals surface area (Å²) >= 11 is 0. The molecule has 0 saturated heterocycles. The van der Waals surface area contributed by atoms with Gasteiger partial charge in [-0.15, -0.1) is 0 Å². The lowest BCUT2D eigenvalue weighted by molar-refractivity contribution is 0.413. The normalized spacial score (nSPS) is 12.1. The zero-order valence-electron chi connectivity index (χ0n) is 13.2. The maximum Gasteiger partial charge on any atom is 0.119 e. The van der Waals surface area contributed by atoms with Crippen molar-refractivity contribution in [2.24, 2.45) is 0 Å². The van der Waals surface area contributed by atoms with E-state index in [1.165, 1.54) is 16.7 Å². The lowest BCUT2D eigenvalue weighted by Crippen LogP contribution is -2.33. The van der Waals surface area contributed by atoms with Gasteiger partial charge in [0.15, 0.2) is 0 Å². The van der Waals surface area contributed by atoms with Crippen LogP contribution < -0.4 is 10.1 Å². The summed E-state index contributed by atoms with van der Waals surface area (Å²) in [6, 6.07) is 17.4. The first-order valence-electron chi connectivity index (χ1n) is 7.63. The molecular weight excluding hydrogens is 258 g/mol. The molecule has 21 heavy (non-hydrogen) atoms. The molecule has 0 aliphatic heterocycles. The Hall–Kier alpha value is -1.80. The third-order valence-corrected chi connectivity index (χ3v) is 3.84. The molecule has 1 unspecified atom stereocenters. The molecule has 0 saturated carbocycles. The highest BCUT2D eigenvalue weighted by molar-refractivity contribution is 5.30. The molecule has 2 nitrogen and oxygen atoms in total. The number of methoxy groups -OCH3 is 1. The number of benzene rings is 2. The fourth-order valence-corrected chi connectivity index (χ4v) is 2.69. The van der Waals surface area contributed by atoms with Crippen LogP contribution in [0.4, 0.5) is 0 Å². The van der Waals surface area contributed by atoms with Crippen LogP contribution in [0.5, 0.6) is 5.75 Å². The second-order valence-electron chi connectivity index (χ2n) is 5.44. The molecule has 0 amide bonds. The van der Waals surface area contributed by atoms with Crippen molar-refractivity contribution in [3.8, 4) is 5.75 Å². The van der Waals surface area contributed by atoms with Crippen LogP contribution in [0, 0.1) is 6.92 Å². The molecule has 0 aliphatic carbocycles. The first-order chi connectivity index (χ1) is 10.2. The Bertz CT molecular complexity index is 565. The van der Waals surface area contributed by atoms with Gasteiger partial charge < -0.3 is 10.1 Å². The van der Waals surface area contributed by atoms with E-state index in [4.69, 9.17) is 4.74 Å². The Balaban J connectivity index is 2.10. The first kappa shape index (κ1) is 15.6. The summed E-state index contributed by atoms with van der Waals surface area (Å²) in [6.45, 7) is 5.33. The average molecular weight is 283 g/mol. The molecule has 2 heteroatoms. The van der Waals surface area contributed by atoms with Crippen LogP contribution in [0.3, 0.4) is 0 Å². The molecule has 1 atom stereocenters. The Kier molecular flexibility index (Phi) is 5.82. The van der Waals surface area contributed by atoms with Crippen molar-refractivity contribution in [2.75, 3.05) is 13.7 Å². The largest absolute Gasteiger partial charge is 0.497 e. The molecule has 0 heterocycles. The summed E-state index contributed by atoms with van der Waals surface area (Å²) in [4.78, 5) is 0. The van der Waals surface area contributed by atoms with Gasteiger partial charge in [0.25, 0.3) is 0 Å². The van der Waals surface area contributed by atoms with E-state index in [1.807, 2.05) is 6.07 Å². The van der Waals surface area contributed by atoms with Crippen molar-refractivity contribution in [1.29, 1.82) is 0 Å². The highest BCUT2D eigenvalue weighted by atomic mass is 16.5. The summed E-state index contributed by atoms with van der Waals surface area (Å²) in [7, 11) is 1.72. The van der Waals surface area contributed by atoms with E-state index in [1.54, 1.807) is 7.11 Å². The van der Waals surface area contributed by atoms with Crippen molar-refractivity contribution in [3.05, 3.63) is 65.2 Å². The van der Waals surface area contributed by atoms with Crippen LogP contribution in [-0.4, -0.2) is 19.7 Å². The second kappa shape index (κ2) is 7.84. The fraction of sp³-hybridized carbons (Fsp3) is 0.368. The smallest absolute Gasteiger partial charge is 0.119 e. The lowest BCUT2D eigenvalue weighted by atomic mass is 9.96. The van der Waals surface area contributed by atoms with Crippen molar-refractivity contribution < 1.29 is 4.74 Å². The van der Waals surface area contributed by atoms with Gasteiger partial charge in [0.05, 0.1) is 7.11 Å². The van der Waals surface area contributed by atoms with Crippen molar-refractivity contribution in [2.45, 2.75) is 32.7 Å². The molecule has 2 aromatic carbocycles. The SMILES string of the molecule is CCNC(Cc1cccc(OC)c1)Cc1ccccc1C. The topological polar surface area (TPSA) is 21.3 Å². The van der Waals surface area contributed by atoms with Crippen LogP contribution in [0.1, 0.15) is 23.6 Å². The summed E-state index contributed by atoms with van der Waals surface area (Å²) in [5, 5.41) is 3.60. The minimum absolute atomic E-state index is 0.447. The van der Waals surface area contributed by atoms with E-state index < -0.39 is 0 Å². The fourth-order valence-electron chi connectivity index (χ4n) is 2.69. The van der Waals surface area contributed by atoms with Gasteiger partial charge >= 0.3 is 0 Å². The van der Waals surface area contributed by atoms with E-state index >= 15 is 0 Å². The quantitative estimate of drug-likeness (QED) is 0.835. The van der Waals surface area contributed by atoms with Gasteiger partial charge in [0.1, 0.15) is 5.75 Å². The Morgan fingerprint density at radius 2 is 1.86 bits per heavy atom. The molecule has 0 aliphatic rings. The third-order valence-electron chi connectivity index (χ3n) is 3.84. The molecule has 2 aromatic rings. The van der Waals surface area contributed by atoms with Gasteiger partial charge in [-0.05, 0) is 55.1 Å². The molecule has 0 bridgehead atoms. The molecular formula is C19H25NO. The molecule has 2 rings (SSSR count). The van der Waals surface area contributed by atoms with Crippen molar-refractivity contribution >= 4 is 0 Å². The number of hydrogen-bond acceptors (Lipinski definition) is 2. The predicted molar refractivity (Wildman–Crippen MR) is 89.0 cm³/mol. The maximum atomic E-state index is 5.31. The first-order valence-corrected chi connectivity index (χ1v) is 7.63. The van der Waals surface area contributed by atoms with Gasteiger partial charge in [0, 0.05) is 6.04 Å². The van der Waals surface area contributed by atoms with E-state index in [9.17, 15) is 0 Å². The van der Waals surface area contributed by atoms with Crippen LogP contribution in [0.25, 0.3) is 0 Å². The Labute approximate surface area is 128 Å². The van der Waals surface area contributed by atoms with Gasteiger partial charge in [0.2, 0.25) is 0 Å². The summed E-state index contributed by atoms with van der Waals surface area (Å²) in [6.07, 6.45) is 2.07. The Morgan fingerprint density at radius 3 is 2.57 bits per heavy atom. The zero-order valence-corrected chi connectivity index (χ0v) is 13.2. The third kappa shape index (κ3) is 4.61. The van der Waals surface area contributed by atoms with Gasteiger partial charge in [-0.1, -0.05) is 43.3 Å². The molecule has 112 valence electrons. The van der Waals surface area contributed by atoms with E-state index in [-0.39, 0.29) is 0 Å². The monoisotopic (exact) mass is 283 g/mol. The average Bonchev–Trinajstić information content (AvgIpc) is 2.50. The van der Waals surface area contributed by atoms with E-state index in [2.05, 4.69) is 61.6 Å². The van der Waals surface area contributed by atoms with E-state index in [0.717, 1.165) is 25.1 Å². The molecule has 0 fully saturated rings. The number of rotatable bonds is 7. The minimum atomic E-state index is 0.447. The number of aryl methyl sites for hydroxylation is 1. The van der Waals surface area contributed by atoms with Gasteiger partial charge in [-0.25, -0.2) is 0 Å². The minimum Gasteiger partial charge on any atom is -0.497 e. The maximum absolute atomic E-state index is 5.31. The molecule has 1 N–H and O–H groups in total. The summed E-state index contributed by atoms with van der Waals surface area (Å²) in [5.41, 5.74) is 4.10. The van der Waals surface area contributed by atoms with Crippen molar-refractivity contribution in [3.63, 3.8) is 0 Å². The summed E-state index contributed by atoms with van der Waals surface area (Å²) in [5.74, 6) is 0.929. The molecule has 0 radical (unpaired) electrons. The highest BCUT2D eigenvalue weighted by Gasteiger charge is 2.11. The number of likely N-dealkylation sites (N-methyl/N-ethyl adjacent to an activating group) is 1. The Morgan fingerprint density at radius 1 is 1.05 bits per heavy atom. The number of ether oxygens (including phenoxy) is 1. The summed E-state index contributed by atoms with van der Waals surface area (Å²) < 4.78 is 5.31. The standard InChI is InChI=1S/C19H25NO/c1-4-20-18(14-17-10-6-5-8-15(17)2)12-16-9-7-11-19(13-16)21-3/h5-11,13,18,20H,4,12,14H2,1-3H3. The predicted octanol–water partition coefficient (Wildman–Crippen LogP) is 3.77. The highest BCUT2D eigenvalue weighted by Crippen LogP contribution is 2.16. The number of nitrogens with one attached hydrogen (secondary N) is 1. The van der Waals surface area contributed by atoms with Crippen LogP contribution in [-0.2, 0) is 12.8 Å². The van der Waals surface area contributed by atoms with Gasteiger partial charge in [-0.3, -0.25) is 0 Å². The van der Waals surface area contributed by atoms with Gasteiger partial charge in [-0.2, -0.15) is 0 Å². The van der Waals surface area contributed by atoms with E-state index in [0.29, 0.717) is 6.04 Å². The van der Waals surface area contributed by atoms with Crippen molar-refractivity contribution in [1.82, 2.24) is 5.32 Å². The van der Waals surface area contributed by atoms with Crippen LogP contribution in [0.15, 0.2) is 48.5 Å². The van der Waals surface area contributed by atoms with Crippen LogP contribution in [0.2, 0.25) is 0 Å². The number of hydrogen-bond donors (Lipinski definition) is 1. The van der Waals surface area contributed by atoms with Crippen LogP contribution >= 0.6 is 0 Å². The molecule has 0 spiro atoms. The lowest BCUT2D eigenvalue weighted by Gasteiger charge is -2.19.